The van der Waals surface area contributed by atoms with E-state index in [1.807, 2.05) is 13.8 Å². The van der Waals surface area contributed by atoms with Gasteiger partial charge in [0, 0.05) is 24.5 Å². The number of hydrogen-bond acceptors (Lipinski definition) is 5. The van der Waals surface area contributed by atoms with E-state index in [2.05, 4.69) is 4.98 Å². The number of carbonyl (C=O) groups is 2. The summed E-state index contributed by atoms with van der Waals surface area (Å²) in [6.07, 6.45) is -1.60. The van der Waals surface area contributed by atoms with Crippen LogP contribution in [0.25, 0.3) is 5.76 Å². The van der Waals surface area contributed by atoms with Crippen LogP contribution in [0.1, 0.15) is 59.2 Å². The van der Waals surface area contributed by atoms with Crippen molar-refractivity contribution in [1.82, 2.24) is 9.88 Å². The SMILES string of the molecule is COc1cc(C)c(/C(O)=C2\C(=O)C(=O)N(Cc3cccc(C(F)(F)F)c3)C2c2ccncc2)cc1C(C)C. The lowest BCUT2D eigenvalue weighted by Crippen LogP contribution is -2.29. The highest BCUT2D eigenvalue weighted by molar-refractivity contribution is 6.46. The molecule has 0 radical (unpaired) electrons. The Morgan fingerprint density at radius 3 is 2.39 bits per heavy atom. The van der Waals surface area contributed by atoms with Crippen molar-refractivity contribution < 1.29 is 32.6 Å². The van der Waals surface area contributed by atoms with Crippen molar-refractivity contribution in [2.24, 2.45) is 0 Å². The normalized spacial score (nSPS) is 17.4. The maximum Gasteiger partial charge on any atom is 0.416 e. The van der Waals surface area contributed by atoms with E-state index in [1.165, 1.54) is 29.4 Å². The predicted molar refractivity (Wildman–Crippen MR) is 135 cm³/mol. The third-order valence-corrected chi connectivity index (χ3v) is 6.62. The number of amides is 1. The highest BCUT2D eigenvalue weighted by atomic mass is 19.4. The van der Waals surface area contributed by atoms with Gasteiger partial charge in [-0.1, -0.05) is 26.0 Å². The number of aryl methyl sites for hydroxylation is 1. The molecule has 0 saturated carbocycles. The Morgan fingerprint density at radius 2 is 1.79 bits per heavy atom. The summed E-state index contributed by atoms with van der Waals surface area (Å²) in [5.74, 6) is -1.53. The molecule has 1 aromatic heterocycles. The summed E-state index contributed by atoms with van der Waals surface area (Å²) in [6, 6.07) is 10.3. The quantitative estimate of drug-likeness (QED) is 0.237. The molecule has 6 nitrogen and oxygen atoms in total. The summed E-state index contributed by atoms with van der Waals surface area (Å²) in [7, 11) is 1.54. The molecule has 3 aromatic rings. The van der Waals surface area contributed by atoms with Crippen molar-refractivity contribution in [2.75, 3.05) is 7.11 Å². The first-order valence-corrected chi connectivity index (χ1v) is 12.0. The number of ketones is 1. The zero-order valence-corrected chi connectivity index (χ0v) is 21.3. The molecule has 38 heavy (non-hydrogen) atoms. The number of halogens is 3. The van der Waals surface area contributed by atoms with Crippen LogP contribution in [0.2, 0.25) is 0 Å². The molecule has 1 unspecified atom stereocenters. The fraction of sp³-hybridized carbons (Fsp3) is 0.276. The number of hydrogen-bond donors (Lipinski definition) is 1. The van der Waals surface area contributed by atoms with Gasteiger partial charge in [0.25, 0.3) is 11.7 Å². The minimum absolute atomic E-state index is 0.0383. The number of benzene rings is 2. The smallest absolute Gasteiger partial charge is 0.416 e. The molecule has 198 valence electrons. The fourth-order valence-corrected chi connectivity index (χ4v) is 4.70. The number of aromatic nitrogens is 1. The number of methoxy groups -OCH3 is 1. The summed E-state index contributed by atoms with van der Waals surface area (Å²) < 4.78 is 45.4. The van der Waals surface area contributed by atoms with Crippen LogP contribution in [0.3, 0.4) is 0 Å². The molecule has 9 heteroatoms. The Hall–Kier alpha value is -4.14. The van der Waals surface area contributed by atoms with Crippen molar-refractivity contribution in [3.8, 4) is 5.75 Å². The second-order valence-electron chi connectivity index (χ2n) is 9.47. The molecule has 1 saturated heterocycles. The van der Waals surface area contributed by atoms with E-state index in [0.717, 1.165) is 17.7 Å². The molecular formula is C29H27F3N2O4. The van der Waals surface area contributed by atoms with Crippen LogP contribution in [0.5, 0.6) is 5.75 Å². The lowest BCUT2D eigenvalue weighted by atomic mass is 9.91. The maximum atomic E-state index is 13.4. The number of aliphatic hydroxyl groups excluding tert-OH is 1. The maximum absolute atomic E-state index is 13.4. The van der Waals surface area contributed by atoms with Gasteiger partial charge in [-0.15, -0.1) is 0 Å². The van der Waals surface area contributed by atoms with Crippen LogP contribution in [-0.4, -0.2) is 33.8 Å². The van der Waals surface area contributed by atoms with Crippen LogP contribution in [-0.2, 0) is 22.3 Å². The van der Waals surface area contributed by atoms with Crippen LogP contribution in [0.15, 0.2) is 66.5 Å². The van der Waals surface area contributed by atoms with Gasteiger partial charge in [-0.05, 0) is 71.5 Å². The molecule has 0 spiro atoms. The highest BCUT2D eigenvalue weighted by Crippen LogP contribution is 2.42. The van der Waals surface area contributed by atoms with Gasteiger partial charge in [0.15, 0.2) is 0 Å². The lowest BCUT2D eigenvalue weighted by molar-refractivity contribution is -0.140. The highest BCUT2D eigenvalue weighted by Gasteiger charge is 2.46. The predicted octanol–water partition coefficient (Wildman–Crippen LogP) is 6.16. The van der Waals surface area contributed by atoms with Gasteiger partial charge in [-0.2, -0.15) is 13.2 Å². The fourth-order valence-electron chi connectivity index (χ4n) is 4.70. The second kappa shape index (κ2) is 10.3. The summed E-state index contributed by atoms with van der Waals surface area (Å²) in [5.41, 5.74) is 1.48. The Bertz CT molecular complexity index is 1420. The first kappa shape index (κ1) is 26.9. The molecule has 1 amide bonds. The molecule has 4 rings (SSSR count). The van der Waals surface area contributed by atoms with E-state index < -0.39 is 29.5 Å². The lowest BCUT2D eigenvalue weighted by Gasteiger charge is -2.26. The zero-order valence-electron chi connectivity index (χ0n) is 21.3. The van der Waals surface area contributed by atoms with E-state index >= 15 is 0 Å². The van der Waals surface area contributed by atoms with Gasteiger partial charge in [-0.25, -0.2) is 0 Å². The molecule has 0 aliphatic carbocycles. The van der Waals surface area contributed by atoms with Gasteiger partial charge in [0.1, 0.15) is 11.5 Å². The van der Waals surface area contributed by atoms with Gasteiger partial charge in [-0.3, -0.25) is 14.6 Å². The third kappa shape index (κ3) is 5.01. The van der Waals surface area contributed by atoms with Crippen molar-refractivity contribution in [3.63, 3.8) is 0 Å². The first-order chi connectivity index (χ1) is 17.9. The summed E-state index contributed by atoms with van der Waals surface area (Å²) in [4.78, 5) is 31.8. The summed E-state index contributed by atoms with van der Waals surface area (Å²) >= 11 is 0. The van der Waals surface area contributed by atoms with E-state index in [4.69, 9.17) is 4.74 Å². The number of nitrogens with zero attached hydrogens (tertiary/aromatic N) is 2. The number of carbonyl (C=O) groups excluding carboxylic acids is 2. The number of likely N-dealkylation sites (tertiary alicyclic amines) is 1. The van der Waals surface area contributed by atoms with E-state index in [1.54, 1.807) is 38.3 Å². The van der Waals surface area contributed by atoms with E-state index in [-0.39, 0.29) is 29.4 Å². The molecular weight excluding hydrogens is 497 g/mol. The number of aliphatic hydroxyl groups is 1. The number of Topliss-reactive ketones (excluding diaryl/α,β-unsaturated/α-hetero) is 1. The van der Waals surface area contributed by atoms with Gasteiger partial charge in [0.05, 0.1) is 24.3 Å². The Morgan fingerprint density at radius 1 is 1.11 bits per heavy atom. The number of ether oxygens (including phenoxy) is 1. The van der Waals surface area contributed by atoms with Gasteiger partial charge >= 0.3 is 6.18 Å². The molecule has 2 heterocycles. The van der Waals surface area contributed by atoms with Crippen molar-refractivity contribution in [3.05, 3.63) is 99.9 Å². The van der Waals surface area contributed by atoms with Crippen molar-refractivity contribution >= 4 is 17.4 Å². The molecule has 1 aliphatic rings. The Kier molecular flexibility index (Phi) is 7.31. The standard InChI is InChI=1S/C29H27F3N2O4/c1-16(2)21-14-22(17(3)12-23(21)38-4)26(35)24-25(19-8-10-33-11-9-19)34(28(37)27(24)36)15-18-6-5-7-20(13-18)29(30,31)32/h5-14,16,25,35H,15H2,1-4H3/b26-24+. The van der Waals surface area contributed by atoms with Crippen LogP contribution < -0.4 is 4.74 Å². The number of rotatable bonds is 6. The molecule has 2 aromatic carbocycles. The summed E-state index contributed by atoms with van der Waals surface area (Å²) in [5, 5.41) is 11.5. The van der Waals surface area contributed by atoms with Crippen molar-refractivity contribution in [2.45, 2.75) is 45.5 Å². The zero-order chi connectivity index (χ0) is 27.8. The van der Waals surface area contributed by atoms with Gasteiger partial charge < -0.3 is 14.7 Å². The monoisotopic (exact) mass is 524 g/mol. The number of pyridine rings is 1. The molecule has 0 bridgehead atoms. The topological polar surface area (TPSA) is 79.7 Å². The van der Waals surface area contributed by atoms with E-state index in [9.17, 15) is 27.9 Å². The number of alkyl halides is 3. The first-order valence-electron chi connectivity index (χ1n) is 12.0. The minimum Gasteiger partial charge on any atom is -0.507 e. The average molecular weight is 525 g/mol. The van der Waals surface area contributed by atoms with Crippen LogP contribution in [0.4, 0.5) is 13.2 Å². The molecule has 1 aliphatic heterocycles. The molecule has 1 N–H and O–H groups in total. The second-order valence-corrected chi connectivity index (χ2v) is 9.47. The molecule has 1 atom stereocenters. The van der Waals surface area contributed by atoms with Crippen LogP contribution >= 0.6 is 0 Å². The largest absolute Gasteiger partial charge is 0.507 e. The average Bonchev–Trinajstić information content (AvgIpc) is 3.13. The van der Waals surface area contributed by atoms with Crippen LogP contribution in [0, 0.1) is 6.92 Å². The van der Waals surface area contributed by atoms with Gasteiger partial charge in [0.2, 0.25) is 0 Å². The Labute approximate surface area is 218 Å². The molecule has 1 fully saturated rings. The Balaban J connectivity index is 1.88. The third-order valence-electron chi connectivity index (χ3n) is 6.62. The van der Waals surface area contributed by atoms with E-state index in [0.29, 0.717) is 22.4 Å². The minimum atomic E-state index is -4.56. The summed E-state index contributed by atoms with van der Waals surface area (Å²) in [6.45, 7) is 5.41. The van der Waals surface area contributed by atoms with Crippen molar-refractivity contribution in [1.29, 1.82) is 0 Å².